The number of nitrogens with zero attached hydrogens (tertiary/aromatic N) is 1. The molecular formula is C14H26BrNO2. The van der Waals surface area contributed by atoms with Crippen molar-refractivity contribution in [3.05, 3.63) is 0 Å². The van der Waals surface area contributed by atoms with Gasteiger partial charge in [0.25, 0.3) is 0 Å². The van der Waals surface area contributed by atoms with Gasteiger partial charge in [-0.1, -0.05) is 29.8 Å². The Bertz CT molecular complexity index is 297. The maximum absolute atomic E-state index is 12.3. The predicted molar refractivity (Wildman–Crippen MR) is 78.2 cm³/mol. The van der Waals surface area contributed by atoms with Crippen LogP contribution in [0.25, 0.3) is 0 Å². The van der Waals surface area contributed by atoms with Crippen molar-refractivity contribution in [1.29, 1.82) is 0 Å². The molecule has 0 N–H and O–H groups in total. The Hall–Kier alpha value is -0.250. The third-order valence-corrected chi connectivity index (χ3v) is 4.82. The number of alkyl halides is 1. The van der Waals surface area contributed by atoms with Crippen LogP contribution in [0.2, 0.25) is 0 Å². The van der Waals surface area contributed by atoms with Gasteiger partial charge in [0, 0.05) is 17.9 Å². The maximum Gasteiger partial charge on any atom is 0.410 e. The van der Waals surface area contributed by atoms with Crippen LogP contribution in [-0.2, 0) is 4.74 Å². The van der Waals surface area contributed by atoms with Crippen molar-refractivity contribution in [2.45, 2.75) is 65.5 Å². The Kier molecular flexibility index (Phi) is 5.10. The Morgan fingerprint density at radius 2 is 1.89 bits per heavy atom. The third kappa shape index (κ3) is 4.15. The molecule has 1 fully saturated rings. The summed E-state index contributed by atoms with van der Waals surface area (Å²) in [6.45, 7) is 11.0. The van der Waals surface area contributed by atoms with Gasteiger partial charge >= 0.3 is 6.09 Å². The van der Waals surface area contributed by atoms with Crippen LogP contribution >= 0.6 is 15.9 Å². The molecule has 0 spiro atoms. The predicted octanol–water partition coefficient (Wildman–Crippen LogP) is 4.20. The highest BCUT2D eigenvalue weighted by Crippen LogP contribution is 2.34. The van der Waals surface area contributed by atoms with Gasteiger partial charge in [-0.25, -0.2) is 4.79 Å². The first kappa shape index (κ1) is 15.8. The second-order valence-corrected chi connectivity index (χ2v) is 7.37. The minimum atomic E-state index is -0.419. The van der Waals surface area contributed by atoms with E-state index in [1.807, 2.05) is 25.7 Å². The third-order valence-electron chi connectivity index (χ3n) is 3.38. The van der Waals surface area contributed by atoms with Gasteiger partial charge in [-0.05, 0) is 45.4 Å². The smallest absolute Gasteiger partial charge is 0.410 e. The lowest BCUT2D eigenvalue weighted by molar-refractivity contribution is -0.00638. The highest BCUT2D eigenvalue weighted by Gasteiger charge is 2.39. The number of piperidine rings is 1. The Morgan fingerprint density at radius 1 is 1.28 bits per heavy atom. The summed E-state index contributed by atoms with van der Waals surface area (Å²) in [6.07, 6.45) is 3.17. The van der Waals surface area contributed by atoms with Crippen LogP contribution < -0.4 is 0 Å². The molecule has 1 amide bonds. The summed E-state index contributed by atoms with van der Waals surface area (Å²) < 4.78 is 5.52. The highest BCUT2D eigenvalue weighted by atomic mass is 79.9. The number of carbonyl (C=O) groups is 1. The Labute approximate surface area is 119 Å². The van der Waals surface area contributed by atoms with Gasteiger partial charge in [-0.2, -0.15) is 0 Å². The molecule has 1 saturated heterocycles. The van der Waals surface area contributed by atoms with Crippen molar-refractivity contribution in [3.63, 3.8) is 0 Å². The molecule has 0 radical (unpaired) electrons. The lowest BCUT2D eigenvalue weighted by atomic mass is 9.81. The van der Waals surface area contributed by atoms with Crippen molar-refractivity contribution in [2.24, 2.45) is 5.41 Å². The molecule has 0 bridgehead atoms. The van der Waals surface area contributed by atoms with Gasteiger partial charge in [-0.15, -0.1) is 0 Å². The zero-order valence-electron chi connectivity index (χ0n) is 12.3. The standard InChI is InChI=1S/C14H26BrNO2/c1-13(2,3)18-12(17)16-9-7-6-8-11(16)14(4,5)10-15/h11H,6-10H2,1-5H3. The van der Waals surface area contributed by atoms with Crippen LogP contribution in [0, 0.1) is 5.41 Å². The number of likely N-dealkylation sites (tertiary alicyclic amines) is 1. The van der Waals surface area contributed by atoms with Crippen LogP contribution in [0.15, 0.2) is 0 Å². The first-order chi connectivity index (χ1) is 8.17. The minimum absolute atomic E-state index is 0.0807. The molecule has 0 aliphatic carbocycles. The number of rotatable bonds is 2. The summed E-state index contributed by atoms with van der Waals surface area (Å²) in [5.74, 6) is 0. The highest BCUT2D eigenvalue weighted by molar-refractivity contribution is 9.09. The molecular weight excluding hydrogens is 294 g/mol. The number of amides is 1. The number of hydrogen-bond donors (Lipinski definition) is 0. The van der Waals surface area contributed by atoms with Crippen LogP contribution in [0.3, 0.4) is 0 Å². The molecule has 3 nitrogen and oxygen atoms in total. The average Bonchev–Trinajstić information content (AvgIpc) is 2.27. The summed E-state index contributed by atoms with van der Waals surface area (Å²) in [4.78, 5) is 14.2. The molecule has 18 heavy (non-hydrogen) atoms. The van der Waals surface area contributed by atoms with Crippen LogP contribution in [-0.4, -0.2) is 34.5 Å². The first-order valence-electron chi connectivity index (χ1n) is 6.73. The summed E-state index contributed by atoms with van der Waals surface area (Å²) in [5, 5.41) is 0.893. The Balaban J connectivity index is 2.80. The van der Waals surface area contributed by atoms with Crippen molar-refractivity contribution in [2.75, 3.05) is 11.9 Å². The molecule has 0 aromatic rings. The molecule has 1 aliphatic rings. The average molecular weight is 320 g/mol. The van der Waals surface area contributed by atoms with Crippen LogP contribution in [0.1, 0.15) is 53.9 Å². The van der Waals surface area contributed by atoms with E-state index in [9.17, 15) is 4.79 Å². The topological polar surface area (TPSA) is 29.5 Å². The first-order valence-corrected chi connectivity index (χ1v) is 7.85. The fourth-order valence-corrected chi connectivity index (χ4v) is 2.75. The zero-order valence-corrected chi connectivity index (χ0v) is 13.8. The van der Waals surface area contributed by atoms with Gasteiger partial charge in [0.1, 0.15) is 5.60 Å². The number of carbonyl (C=O) groups excluding carboxylic acids is 1. The molecule has 1 rings (SSSR count). The van der Waals surface area contributed by atoms with E-state index < -0.39 is 5.60 Å². The number of ether oxygens (including phenoxy) is 1. The van der Waals surface area contributed by atoms with Crippen LogP contribution in [0.4, 0.5) is 4.79 Å². The van der Waals surface area contributed by atoms with E-state index in [4.69, 9.17) is 4.74 Å². The summed E-state index contributed by atoms with van der Waals surface area (Å²) in [5.41, 5.74) is -0.338. The van der Waals surface area contributed by atoms with Crippen molar-refractivity contribution < 1.29 is 9.53 Å². The van der Waals surface area contributed by atoms with Gasteiger partial charge in [-0.3, -0.25) is 0 Å². The number of halogens is 1. The van der Waals surface area contributed by atoms with E-state index >= 15 is 0 Å². The lowest BCUT2D eigenvalue weighted by Crippen LogP contribution is -2.52. The second-order valence-electron chi connectivity index (χ2n) is 6.81. The summed E-state index contributed by atoms with van der Waals surface area (Å²) >= 11 is 3.57. The molecule has 0 saturated carbocycles. The van der Waals surface area contributed by atoms with E-state index in [2.05, 4.69) is 29.8 Å². The lowest BCUT2D eigenvalue weighted by Gasteiger charge is -2.44. The van der Waals surface area contributed by atoms with Gasteiger partial charge in [0.15, 0.2) is 0 Å². The molecule has 1 aliphatic heterocycles. The fraction of sp³-hybridized carbons (Fsp3) is 0.929. The van der Waals surface area contributed by atoms with Gasteiger partial charge in [0.05, 0.1) is 0 Å². The quantitative estimate of drug-likeness (QED) is 0.714. The summed E-state index contributed by atoms with van der Waals surface area (Å²) in [7, 11) is 0. The summed E-state index contributed by atoms with van der Waals surface area (Å²) in [6, 6.07) is 0.264. The normalized spacial score (nSPS) is 21.9. The minimum Gasteiger partial charge on any atom is -0.444 e. The van der Waals surface area contributed by atoms with Crippen molar-refractivity contribution >= 4 is 22.0 Å². The van der Waals surface area contributed by atoms with E-state index in [0.717, 1.165) is 24.7 Å². The monoisotopic (exact) mass is 319 g/mol. The molecule has 1 heterocycles. The van der Waals surface area contributed by atoms with E-state index in [1.54, 1.807) is 0 Å². The molecule has 1 unspecified atom stereocenters. The molecule has 1 atom stereocenters. The SMILES string of the molecule is CC(C)(C)OC(=O)N1CCCCC1C(C)(C)CBr. The van der Waals surface area contributed by atoms with Crippen molar-refractivity contribution in [3.8, 4) is 0 Å². The molecule has 4 heteroatoms. The van der Waals surface area contributed by atoms with E-state index in [0.29, 0.717) is 0 Å². The molecule has 0 aromatic heterocycles. The van der Waals surface area contributed by atoms with Crippen LogP contribution in [0.5, 0.6) is 0 Å². The second kappa shape index (κ2) is 5.81. The molecule has 106 valence electrons. The van der Waals surface area contributed by atoms with Crippen molar-refractivity contribution in [1.82, 2.24) is 4.90 Å². The maximum atomic E-state index is 12.3. The largest absolute Gasteiger partial charge is 0.444 e. The molecule has 0 aromatic carbocycles. The number of hydrogen-bond acceptors (Lipinski definition) is 2. The van der Waals surface area contributed by atoms with Gasteiger partial charge < -0.3 is 9.64 Å². The fourth-order valence-electron chi connectivity index (χ4n) is 2.37. The van der Waals surface area contributed by atoms with E-state index in [-0.39, 0.29) is 17.6 Å². The zero-order chi connectivity index (χ0) is 14.0. The van der Waals surface area contributed by atoms with Gasteiger partial charge in [0.2, 0.25) is 0 Å². The Morgan fingerprint density at radius 3 is 2.39 bits per heavy atom. The van der Waals surface area contributed by atoms with E-state index in [1.165, 1.54) is 6.42 Å².